The second-order valence-electron chi connectivity index (χ2n) is 3.75. The molecule has 0 bridgehead atoms. The number of nitrogens with zero attached hydrogens (tertiary/aromatic N) is 2. The van der Waals surface area contributed by atoms with Crippen molar-refractivity contribution >= 4 is 5.97 Å². The number of carboxylic acids is 1. The fraction of sp³-hybridized carbons (Fsp3) is 0.167. The Morgan fingerprint density at radius 2 is 2.21 bits per heavy atom. The van der Waals surface area contributed by atoms with Gasteiger partial charge in [-0.3, -0.25) is 0 Å². The normalized spacial score (nSPS) is 10.4. The Labute approximate surface area is 107 Å². The van der Waals surface area contributed by atoms with Crippen molar-refractivity contribution in [3.8, 4) is 5.88 Å². The van der Waals surface area contributed by atoms with Gasteiger partial charge in [0.1, 0.15) is 13.3 Å². The average Bonchev–Trinajstić information content (AvgIpc) is 2.81. The van der Waals surface area contributed by atoms with Crippen molar-refractivity contribution in [2.45, 2.75) is 13.3 Å². The number of carbonyl (C=O) groups is 1. The number of benzene rings is 1. The Kier molecular flexibility index (Phi) is 3.65. The molecule has 0 unspecified atom stereocenters. The fourth-order valence-corrected chi connectivity index (χ4v) is 1.65. The first-order valence-corrected chi connectivity index (χ1v) is 5.39. The number of rotatable bonds is 5. The predicted octanol–water partition coefficient (Wildman–Crippen LogP) is 1.87. The van der Waals surface area contributed by atoms with Gasteiger partial charge in [0, 0.05) is 11.6 Å². The summed E-state index contributed by atoms with van der Waals surface area (Å²) in [5.41, 5.74) is 0.493. The number of ether oxygens (including phenoxy) is 1. The number of carboxylic acid groups (broad SMARTS) is 1. The van der Waals surface area contributed by atoms with Crippen LogP contribution in [0.25, 0.3) is 0 Å². The Balaban J connectivity index is 2.25. The van der Waals surface area contributed by atoms with Crippen LogP contribution in [0.15, 0.2) is 30.5 Å². The largest absolute Gasteiger partial charge is 0.478 e. The standard InChI is InChI=1S/C12H11FN2O4/c13-6-8-2-1-3-9(12(16)17)10(8)7-19-11-4-5-15(18)14-11/h1-5,18H,6-7H2,(H,16,17). The maximum atomic E-state index is 12.9. The number of alkyl halides is 1. The molecule has 0 amide bonds. The molecule has 0 radical (unpaired) electrons. The van der Waals surface area contributed by atoms with E-state index in [2.05, 4.69) is 5.10 Å². The number of aromatic nitrogens is 2. The zero-order valence-corrected chi connectivity index (χ0v) is 9.78. The minimum Gasteiger partial charge on any atom is -0.478 e. The molecule has 0 saturated carbocycles. The second kappa shape index (κ2) is 5.38. The van der Waals surface area contributed by atoms with Gasteiger partial charge >= 0.3 is 5.97 Å². The van der Waals surface area contributed by atoms with Crippen LogP contribution in [0.5, 0.6) is 5.88 Å². The van der Waals surface area contributed by atoms with Crippen molar-refractivity contribution in [1.82, 2.24) is 9.94 Å². The first kappa shape index (κ1) is 12.9. The highest BCUT2D eigenvalue weighted by atomic mass is 19.1. The van der Waals surface area contributed by atoms with Crippen LogP contribution < -0.4 is 4.74 Å². The minimum absolute atomic E-state index is 0.0152. The van der Waals surface area contributed by atoms with Crippen LogP contribution in [0.2, 0.25) is 0 Å². The molecular formula is C12H11FN2O4. The van der Waals surface area contributed by atoms with Gasteiger partial charge in [-0.15, -0.1) is 4.85 Å². The van der Waals surface area contributed by atoms with Crippen molar-refractivity contribution in [3.63, 3.8) is 0 Å². The Morgan fingerprint density at radius 3 is 2.79 bits per heavy atom. The van der Waals surface area contributed by atoms with E-state index in [-0.39, 0.29) is 29.2 Å². The predicted molar refractivity (Wildman–Crippen MR) is 62.0 cm³/mol. The van der Waals surface area contributed by atoms with Crippen molar-refractivity contribution in [2.75, 3.05) is 0 Å². The molecule has 2 aromatic rings. The van der Waals surface area contributed by atoms with E-state index in [9.17, 15) is 9.18 Å². The van der Waals surface area contributed by atoms with E-state index >= 15 is 0 Å². The minimum atomic E-state index is -1.15. The van der Waals surface area contributed by atoms with E-state index in [1.807, 2.05) is 0 Å². The summed E-state index contributed by atoms with van der Waals surface area (Å²) < 4.78 is 18.1. The van der Waals surface area contributed by atoms with Crippen LogP contribution >= 0.6 is 0 Å². The van der Waals surface area contributed by atoms with E-state index < -0.39 is 12.6 Å². The van der Waals surface area contributed by atoms with Gasteiger partial charge in [-0.1, -0.05) is 17.2 Å². The SMILES string of the molecule is O=C(O)c1cccc(CF)c1COc1ccn(O)n1. The van der Waals surface area contributed by atoms with Crippen molar-refractivity contribution in [1.29, 1.82) is 0 Å². The third-order valence-corrected chi connectivity index (χ3v) is 2.56. The molecule has 0 spiro atoms. The van der Waals surface area contributed by atoms with Gasteiger partial charge in [-0.05, 0) is 11.6 Å². The van der Waals surface area contributed by atoms with Crippen LogP contribution in [0.4, 0.5) is 4.39 Å². The summed E-state index contributed by atoms with van der Waals surface area (Å²) in [5, 5.41) is 21.6. The summed E-state index contributed by atoms with van der Waals surface area (Å²) in [6.07, 6.45) is 1.26. The molecule has 0 aliphatic carbocycles. The third kappa shape index (κ3) is 2.82. The molecule has 0 aliphatic rings. The van der Waals surface area contributed by atoms with Crippen LogP contribution in [0.3, 0.4) is 0 Å². The topological polar surface area (TPSA) is 84.6 Å². The van der Waals surface area contributed by atoms with Crippen LogP contribution in [0.1, 0.15) is 21.5 Å². The molecule has 1 aromatic carbocycles. The maximum absolute atomic E-state index is 12.9. The van der Waals surface area contributed by atoms with E-state index in [1.165, 1.54) is 30.5 Å². The summed E-state index contributed by atoms with van der Waals surface area (Å²) in [5.74, 6) is -1.03. The zero-order valence-electron chi connectivity index (χ0n) is 9.78. The lowest BCUT2D eigenvalue weighted by Crippen LogP contribution is -2.09. The molecule has 2 N–H and O–H groups in total. The molecule has 6 nitrogen and oxygen atoms in total. The first-order valence-electron chi connectivity index (χ1n) is 5.39. The van der Waals surface area contributed by atoms with Crippen LogP contribution in [-0.4, -0.2) is 26.2 Å². The summed E-state index contributed by atoms with van der Waals surface area (Å²) in [7, 11) is 0. The van der Waals surface area contributed by atoms with E-state index in [1.54, 1.807) is 0 Å². The molecule has 0 aliphatic heterocycles. The van der Waals surface area contributed by atoms with Gasteiger partial charge in [0.15, 0.2) is 0 Å². The van der Waals surface area contributed by atoms with Crippen molar-refractivity contribution in [3.05, 3.63) is 47.2 Å². The van der Waals surface area contributed by atoms with Gasteiger partial charge < -0.3 is 15.1 Å². The highest BCUT2D eigenvalue weighted by Gasteiger charge is 2.15. The van der Waals surface area contributed by atoms with E-state index in [0.29, 0.717) is 4.85 Å². The summed E-state index contributed by atoms with van der Waals surface area (Å²) in [6.45, 7) is -0.924. The molecule has 7 heteroatoms. The first-order chi connectivity index (χ1) is 9.11. The number of hydrogen-bond donors (Lipinski definition) is 2. The van der Waals surface area contributed by atoms with Gasteiger partial charge in [-0.2, -0.15) is 0 Å². The van der Waals surface area contributed by atoms with Gasteiger partial charge in [-0.25, -0.2) is 9.18 Å². The Bertz CT molecular complexity index is 597. The highest BCUT2D eigenvalue weighted by molar-refractivity contribution is 5.89. The molecule has 0 atom stereocenters. The number of hydrogen-bond acceptors (Lipinski definition) is 4. The lowest BCUT2D eigenvalue weighted by atomic mass is 10.0. The highest BCUT2D eigenvalue weighted by Crippen LogP contribution is 2.19. The monoisotopic (exact) mass is 266 g/mol. The Morgan fingerprint density at radius 1 is 1.42 bits per heavy atom. The molecule has 1 heterocycles. The quantitative estimate of drug-likeness (QED) is 0.807. The zero-order chi connectivity index (χ0) is 13.8. The molecule has 1 aromatic heterocycles. The van der Waals surface area contributed by atoms with Crippen molar-refractivity contribution < 1.29 is 24.2 Å². The van der Waals surface area contributed by atoms with Gasteiger partial charge in [0.25, 0.3) is 0 Å². The summed E-state index contributed by atoms with van der Waals surface area (Å²) in [4.78, 5) is 11.6. The lowest BCUT2D eigenvalue weighted by molar-refractivity contribution is 0.0693. The van der Waals surface area contributed by atoms with E-state index in [4.69, 9.17) is 15.1 Å². The molecule has 100 valence electrons. The summed E-state index contributed by atoms with van der Waals surface area (Å²) >= 11 is 0. The van der Waals surface area contributed by atoms with E-state index in [0.717, 1.165) is 0 Å². The third-order valence-electron chi connectivity index (χ3n) is 2.56. The van der Waals surface area contributed by atoms with Crippen molar-refractivity contribution in [2.24, 2.45) is 0 Å². The average molecular weight is 266 g/mol. The second-order valence-corrected chi connectivity index (χ2v) is 3.75. The van der Waals surface area contributed by atoms with Gasteiger partial charge in [0.05, 0.1) is 11.8 Å². The molecule has 2 rings (SSSR count). The van der Waals surface area contributed by atoms with Gasteiger partial charge in [0.2, 0.25) is 5.88 Å². The molecule has 0 fully saturated rings. The molecule has 19 heavy (non-hydrogen) atoms. The number of halogens is 1. The fourth-order valence-electron chi connectivity index (χ4n) is 1.65. The molecule has 0 saturated heterocycles. The maximum Gasteiger partial charge on any atom is 0.336 e. The Hall–Kier alpha value is -2.57. The summed E-state index contributed by atoms with van der Waals surface area (Å²) in [6, 6.07) is 5.75. The van der Waals surface area contributed by atoms with Crippen LogP contribution in [-0.2, 0) is 13.3 Å². The molecular weight excluding hydrogens is 255 g/mol. The van der Waals surface area contributed by atoms with Crippen LogP contribution in [0, 0.1) is 0 Å². The smallest absolute Gasteiger partial charge is 0.336 e. The number of aromatic carboxylic acids is 1. The lowest BCUT2D eigenvalue weighted by Gasteiger charge is -2.10.